The van der Waals surface area contributed by atoms with Crippen molar-refractivity contribution in [3.05, 3.63) is 0 Å². The van der Waals surface area contributed by atoms with Gasteiger partial charge in [-0.15, -0.1) is 0 Å². The maximum Gasteiger partial charge on any atom is 0.242 e. The van der Waals surface area contributed by atoms with Crippen molar-refractivity contribution in [2.75, 3.05) is 21.1 Å². The van der Waals surface area contributed by atoms with Crippen molar-refractivity contribution in [3.8, 4) is 0 Å². The Labute approximate surface area is 109 Å². The van der Waals surface area contributed by atoms with Gasteiger partial charge in [-0.2, -0.15) is 0 Å². The molecule has 0 aromatic rings. The van der Waals surface area contributed by atoms with Crippen LogP contribution in [0.1, 0.15) is 33.1 Å². The van der Waals surface area contributed by atoms with Crippen molar-refractivity contribution in [1.82, 2.24) is 15.5 Å². The summed E-state index contributed by atoms with van der Waals surface area (Å²) in [6.07, 6.45) is 2.80. The van der Waals surface area contributed by atoms with Crippen LogP contribution >= 0.6 is 0 Å². The normalized spacial score (nSPS) is 19.3. The largest absolute Gasteiger partial charge is 0.357 e. The molecule has 1 aliphatic carbocycles. The highest BCUT2D eigenvalue weighted by atomic mass is 16.2. The van der Waals surface area contributed by atoms with E-state index in [0.717, 1.165) is 19.3 Å². The average molecular weight is 255 g/mol. The lowest BCUT2D eigenvalue weighted by Gasteiger charge is -2.46. The van der Waals surface area contributed by atoms with Crippen LogP contribution in [0.5, 0.6) is 0 Å². The minimum atomic E-state index is -0.458. The number of hydrogen-bond acceptors (Lipinski definition) is 3. The monoisotopic (exact) mass is 255 g/mol. The van der Waals surface area contributed by atoms with Crippen LogP contribution in [0.3, 0.4) is 0 Å². The molecule has 2 amide bonds. The first-order valence-corrected chi connectivity index (χ1v) is 6.55. The summed E-state index contributed by atoms with van der Waals surface area (Å²) in [6.45, 7) is 3.87. The van der Waals surface area contributed by atoms with Crippen LogP contribution in [0, 0.1) is 5.92 Å². The third kappa shape index (κ3) is 2.66. The van der Waals surface area contributed by atoms with Gasteiger partial charge >= 0.3 is 0 Å². The van der Waals surface area contributed by atoms with E-state index >= 15 is 0 Å². The maximum absolute atomic E-state index is 12.4. The smallest absolute Gasteiger partial charge is 0.242 e. The Kier molecular flexibility index (Phi) is 4.73. The summed E-state index contributed by atoms with van der Waals surface area (Å²) in [7, 11) is 5.43. The Morgan fingerprint density at radius 2 is 1.78 bits per heavy atom. The predicted molar refractivity (Wildman–Crippen MR) is 71.1 cm³/mol. The van der Waals surface area contributed by atoms with Crippen LogP contribution in [0.25, 0.3) is 0 Å². The first-order chi connectivity index (χ1) is 8.35. The van der Waals surface area contributed by atoms with Gasteiger partial charge in [-0.05, 0) is 39.3 Å². The summed E-state index contributed by atoms with van der Waals surface area (Å²) in [6, 6.07) is -0.458. The molecule has 0 unspecified atom stereocenters. The number of nitrogens with one attached hydrogen (secondary N) is 2. The molecule has 18 heavy (non-hydrogen) atoms. The number of amides is 2. The molecule has 0 aliphatic heterocycles. The van der Waals surface area contributed by atoms with E-state index in [-0.39, 0.29) is 17.7 Å². The molecule has 1 fully saturated rings. The van der Waals surface area contributed by atoms with E-state index in [4.69, 9.17) is 0 Å². The molecule has 1 atom stereocenters. The van der Waals surface area contributed by atoms with Crippen LogP contribution in [-0.2, 0) is 9.59 Å². The molecule has 0 aromatic heterocycles. The first kappa shape index (κ1) is 15.0. The first-order valence-electron chi connectivity index (χ1n) is 6.55. The van der Waals surface area contributed by atoms with Gasteiger partial charge in [0.15, 0.2) is 0 Å². The molecule has 5 heteroatoms. The van der Waals surface area contributed by atoms with E-state index in [9.17, 15) is 9.59 Å². The Morgan fingerprint density at radius 3 is 2.06 bits per heavy atom. The molecule has 5 nitrogen and oxygen atoms in total. The second-order valence-corrected chi connectivity index (χ2v) is 5.59. The van der Waals surface area contributed by atoms with Crippen LogP contribution in [0.15, 0.2) is 0 Å². The van der Waals surface area contributed by atoms with Gasteiger partial charge in [-0.25, -0.2) is 0 Å². The fraction of sp³-hybridized carbons (Fsp3) is 0.846. The van der Waals surface area contributed by atoms with E-state index in [2.05, 4.69) is 10.6 Å². The Bertz CT molecular complexity index is 322. The van der Waals surface area contributed by atoms with Gasteiger partial charge < -0.3 is 10.6 Å². The van der Waals surface area contributed by atoms with Gasteiger partial charge in [-0.1, -0.05) is 13.8 Å². The molecular weight excluding hydrogens is 230 g/mol. The summed E-state index contributed by atoms with van der Waals surface area (Å²) in [4.78, 5) is 26.1. The molecule has 0 radical (unpaired) electrons. The highest BCUT2D eigenvalue weighted by Gasteiger charge is 2.47. The van der Waals surface area contributed by atoms with Crippen molar-refractivity contribution in [3.63, 3.8) is 0 Å². The minimum Gasteiger partial charge on any atom is -0.357 e. The summed E-state index contributed by atoms with van der Waals surface area (Å²) < 4.78 is 0. The number of nitrogens with zero attached hydrogens (tertiary/aromatic N) is 1. The predicted octanol–water partition coefficient (Wildman–Crippen LogP) is 0.358. The van der Waals surface area contributed by atoms with Crippen molar-refractivity contribution >= 4 is 11.8 Å². The molecule has 1 saturated carbocycles. The minimum absolute atomic E-state index is 0.0268. The van der Waals surface area contributed by atoms with Crippen molar-refractivity contribution < 1.29 is 9.59 Å². The Morgan fingerprint density at radius 1 is 1.22 bits per heavy atom. The summed E-state index contributed by atoms with van der Waals surface area (Å²) in [5.74, 6) is -0.0826. The van der Waals surface area contributed by atoms with Gasteiger partial charge in [-0.3, -0.25) is 14.5 Å². The van der Waals surface area contributed by atoms with E-state index in [1.165, 1.54) is 0 Å². The lowest BCUT2D eigenvalue weighted by molar-refractivity contribution is -0.141. The SMILES string of the molecule is CNC(=O)[C@@H](NC(=O)C1(N(C)C)CCC1)C(C)C. The summed E-state index contributed by atoms with van der Waals surface area (Å²) in [5.41, 5.74) is -0.416. The van der Waals surface area contributed by atoms with Crippen molar-refractivity contribution in [2.24, 2.45) is 5.92 Å². The molecule has 0 saturated heterocycles. The molecule has 1 rings (SSSR count). The number of carbonyl (C=O) groups excluding carboxylic acids is 2. The second-order valence-electron chi connectivity index (χ2n) is 5.59. The highest BCUT2D eigenvalue weighted by molar-refractivity contribution is 5.92. The standard InChI is InChI=1S/C13H25N3O2/c1-9(2)10(11(17)14-3)15-12(18)13(16(4)5)7-6-8-13/h9-10H,6-8H2,1-5H3,(H,14,17)(H,15,18)/t10-/m0/s1. The molecule has 0 spiro atoms. The molecule has 2 N–H and O–H groups in total. The third-order valence-electron chi connectivity index (χ3n) is 3.94. The number of carbonyl (C=O) groups is 2. The molecule has 0 bridgehead atoms. The molecular formula is C13H25N3O2. The van der Waals surface area contributed by atoms with E-state index in [1.807, 2.05) is 32.8 Å². The second kappa shape index (κ2) is 5.69. The van der Waals surface area contributed by atoms with Crippen LogP contribution in [0.4, 0.5) is 0 Å². The third-order valence-corrected chi connectivity index (χ3v) is 3.94. The molecule has 0 heterocycles. The fourth-order valence-corrected chi connectivity index (χ4v) is 2.36. The Hall–Kier alpha value is -1.10. The molecule has 104 valence electrons. The lowest BCUT2D eigenvalue weighted by atomic mass is 9.74. The van der Waals surface area contributed by atoms with Gasteiger partial charge in [0, 0.05) is 7.05 Å². The van der Waals surface area contributed by atoms with E-state index in [0.29, 0.717) is 0 Å². The van der Waals surface area contributed by atoms with Gasteiger partial charge in [0.2, 0.25) is 11.8 Å². The summed E-state index contributed by atoms with van der Waals surface area (Å²) >= 11 is 0. The van der Waals surface area contributed by atoms with Gasteiger partial charge in [0.1, 0.15) is 6.04 Å². The van der Waals surface area contributed by atoms with Crippen LogP contribution in [0.2, 0.25) is 0 Å². The average Bonchev–Trinajstić information content (AvgIpc) is 2.22. The summed E-state index contributed by atoms with van der Waals surface area (Å²) in [5, 5.41) is 5.50. The maximum atomic E-state index is 12.4. The van der Waals surface area contributed by atoms with Crippen molar-refractivity contribution in [1.29, 1.82) is 0 Å². The lowest BCUT2D eigenvalue weighted by Crippen LogP contribution is -2.63. The zero-order chi connectivity index (χ0) is 13.9. The van der Waals surface area contributed by atoms with Crippen LogP contribution in [-0.4, -0.2) is 49.4 Å². The zero-order valence-electron chi connectivity index (χ0n) is 12.0. The zero-order valence-corrected chi connectivity index (χ0v) is 12.0. The van der Waals surface area contributed by atoms with E-state index in [1.54, 1.807) is 7.05 Å². The topological polar surface area (TPSA) is 61.4 Å². The quantitative estimate of drug-likeness (QED) is 0.745. The van der Waals surface area contributed by atoms with Gasteiger partial charge in [0.25, 0.3) is 0 Å². The van der Waals surface area contributed by atoms with Crippen molar-refractivity contribution in [2.45, 2.75) is 44.7 Å². The number of hydrogen-bond donors (Lipinski definition) is 2. The Balaban J connectivity index is 2.75. The van der Waals surface area contributed by atoms with E-state index < -0.39 is 11.6 Å². The fourth-order valence-electron chi connectivity index (χ4n) is 2.36. The van der Waals surface area contributed by atoms with Gasteiger partial charge in [0.05, 0.1) is 5.54 Å². The van der Waals surface area contributed by atoms with Crippen LogP contribution < -0.4 is 10.6 Å². The number of likely N-dealkylation sites (N-methyl/N-ethyl adjacent to an activating group) is 2. The highest BCUT2D eigenvalue weighted by Crippen LogP contribution is 2.36. The molecule has 1 aliphatic rings. The number of rotatable bonds is 5. The molecule has 0 aromatic carbocycles.